The van der Waals surface area contributed by atoms with Crippen molar-refractivity contribution in [1.82, 2.24) is 9.36 Å². The van der Waals surface area contributed by atoms with E-state index in [1.165, 1.54) is 43.8 Å². The van der Waals surface area contributed by atoms with Crippen LogP contribution in [-0.4, -0.2) is 9.36 Å². The molecule has 3 heteroatoms. The van der Waals surface area contributed by atoms with Gasteiger partial charge in [0, 0.05) is 11.1 Å². The fourth-order valence-corrected chi connectivity index (χ4v) is 4.81. The van der Waals surface area contributed by atoms with Crippen molar-refractivity contribution in [2.75, 3.05) is 0 Å². The lowest BCUT2D eigenvalue weighted by atomic mass is 9.98. The Kier molecular flexibility index (Phi) is 3.68. The zero-order chi connectivity index (χ0) is 19.2. The summed E-state index contributed by atoms with van der Waals surface area (Å²) < 4.78 is 4.73. The number of hydrogen-bond donors (Lipinski definition) is 0. The van der Waals surface area contributed by atoms with Crippen molar-refractivity contribution in [2.24, 2.45) is 0 Å². The van der Waals surface area contributed by atoms with E-state index < -0.39 is 0 Å². The molecule has 0 fully saturated rings. The van der Waals surface area contributed by atoms with Crippen molar-refractivity contribution in [1.29, 1.82) is 0 Å². The van der Waals surface area contributed by atoms with Gasteiger partial charge in [0.15, 0.2) is 5.82 Å². The molecule has 0 bridgehead atoms. The second kappa shape index (κ2) is 6.50. The largest absolute Gasteiger partial charge is 0.215 e. The smallest absolute Gasteiger partial charge is 0.174 e. The minimum atomic E-state index is 0.791. The normalized spacial score (nSPS) is 11.4. The third-order valence-corrected chi connectivity index (χ3v) is 6.20. The van der Waals surface area contributed by atoms with E-state index in [4.69, 9.17) is 9.36 Å². The minimum absolute atomic E-state index is 0.791. The molecule has 0 saturated carbocycles. The van der Waals surface area contributed by atoms with Crippen LogP contribution < -0.4 is 0 Å². The van der Waals surface area contributed by atoms with E-state index in [0.717, 1.165) is 22.0 Å². The van der Waals surface area contributed by atoms with Crippen LogP contribution >= 0.6 is 11.5 Å². The molecule has 0 aliphatic heterocycles. The predicted octanol–water partition coefficient (Wildman–Crippen LogP) is 7.33. The maximum absolute atomic E-state index is 4.97. The highest BCUT2D eigenvalue weighted by Gasteiger charge is 2.14. The third kappa shape index (κ3) is 2.63. The van der Waals surface area contributed by atoms with E-state index in [1.807, 2.05) is 0 Å². The monoisotopic (exact) mass is 388 g/mol. The maximum Gasteiger partial charge on any atom is 0.174 e. The number of nitrogens with zero attached hydrogens (tertiary/aromatic N) is 2. The summed E-state index contributed by atoms with van der Waals surface area (Å²) in [4.78, 5) is 4.97. The van der Waals surface area contributed by atoms with E-state index in [0.29, 0.717) is 0 Å². The topological polar surface area (TPSA) is 25.8 Å². The van der Waals surface area contributed by atoms with Gasteiger partial charge in [-0.15, -0.1) is 0 Å². The van der Waals surface area contributed by atoms with Gasteiger partial charge in [-0.25, -0.2) is 4.98 Å². The highest BCUT2D eigenvalue weighted by atomic mass is 32.1. The molecule has 136 valence electrons. The zero-order valence-electron chi connectivity index (χ0n) is 15.5. The van der Waals surface area contributed by atoms with Crippen LogP contribution in [0.3, 0.4) is 0 Å². The molecule has 0 spiro atoms. The van der Waals surface area contributed by atoms with E-state index in [1.54, 1.807) is 0 Å². The van der Waals surface area contributed by atoms with E-state index in [-0.39, 0.29) is 0 Å². The predicted molar refractivity (Wildman–Crippen MR) is 123 cm³/mol. The number of benzene rings is 5. The molecular weight excluding hydrogens is 372 g/mol. The number of rotatable bonds is 2. The Hall–Kier alpha value is -3.56. The molecule has 0 atom stereocenters. The van der Waals surface area contributed by atoms with Crippen molar-refractivity contribution < 1.29 is 0 Å². The molecule has 0 radical (unpaired) electrons. The molecule has 6 rings (SSSR count). The lowest BCUT2D eigenvalue weighted by Gasteiger charge is -2.08. The molecule has 0 aliphatic carbocycles. The van der Waals surface area contributed by atoms with Gasteiger partial charge in [-0.2, -0.15) is 4.37 Å². The number of aromatic nitrogens is 2. The second-order valence-corrected chi connectivity index (χ2v) is 7.89. The van der Waals surface area contributed by atoms with Crippen LogP contribution in [0.4, 0.5) is 0 Å². The van der Waals surface area contributed by atoms with Gasteiger partial charge < -0.3 is 0 Å². The number of hydrogen-bond acceptors (Lipinski definition) is 3. The van der Waals surface area contributed by atoms with Crippen LogP contribution in [0.25, 0.3) is 54.3 Å². The highest BCUT2D eigenvalue weighted by Crippen LogP contribution is 2.37. The van der Waals surface area contributed by atoms with Crippen LogP contribution in [0, 0.1) is 0 Å². The first-order valence-corrected chi connectivity index (χ1v) is 10.4. The second-order valence-electron chi connectivity index (χ2n) is 7.14. The summed E-state index contributed by atoms with van der Waals surface area (Å²) in [6.45, 7) is 0. The minimum Gasteiger partial charge on any atom is -0.215 e. The molecule has 6 aromatic rings. The molecule has 0 N–H and O–H groups in total. The quantitative estimate of drug-likeness (QED) is 0.290. The van der Waals surface area contributed by atoms with Crippen LogP contribution in [0.1, 0.15) is 0 Å². The third-order valence-electron chi connectivity index (χ3n) is 5.46. The standard InChI is InChI=1S/C26H16N2S/c1-3-11-20-17(7-1)9-5-13-22(20)25-27-26(29-28-25)23-14-6-10-19-16-15-18-8-2-4-12-21(18)24(19)23/h1-16H. The average molecular weight is 388 g/mol. The first kappa shape index (κ1) is 16.4. The summed E-state index contributed by atoms with van der Waals surface area (Å²) in [6, 6.07) is 34.0. The van der Waals surface area contributed by atoms with Crippen molar-refractivity contribution in [3.8, 4) is 22.0 Å². The van der Waals surface area contributed by atoms with Crippen LogP contribution in [0.15, 0.2) is 97.1 Å². The van der Waals surface area contributed by atoms with Gasteiger partial charge in [0.1, 0.15) is 5.01 Å². The van der Waals surface area contributed by atoms with E-state index in [2.05, 4.69) is 97.1 Å². The van der Waals surface area contributed by atoms with Crippen molar-refractivity contribution in [3.05, 3.63) is 97.1 Å². The van der Waals surface area contributed by atoms with Crippen molar-refractivity contribution in [3.63, 3.8) is 0 Å². The Morgan fingerprint density at radius 2 is 1.14 bits per heavy atom. The van der Waals surface area contributed by atoms with Gasteiger partial charge in [0.05, 0.1) is 0 Å². The van der Waals surface area contributed by atoms with Gasteiger partial charge in [0.25, 0.3) is 0 Å². The van der Waals surface area contributed by atoms with Gasteiger partial charge in [-0.3, -0.25) is 0 Å². The van der Waals surface area contributed by atoms with Crippen LogP contribution in [0.5, 0.6) is 0 Å². The van der Waals surface area contributed by atoms with Crippen molar-refractivity contribution >= 4 is 43.8 Å². The van der Waals surface area contributed by atoms with Crippen LogP contribution in [0.2, 0.25) is 0 Å². The molecule has 0 aliphatic rings. The molecular formula is C26H16N2S. The molecule has 0 unspecified atom stereocenters. The molecule has 2 nitrogen and oxygen atoms in total. The Bertz CT molecular complexity index is 1510. The summed E-state index contributed by atoms with van der Waals surface area (Å²) in [5, 5.41) is 8.30. The fraction of sp³-hybridized carbons (Fsp3) is 0. The summed E-state index contributed by atoms with van der Waals surface area (Å²) in [5.74, 6) is 0.791. The Labute approximate surface area is 172 Å². The van der Waals surface area contributed by atoms with Gasteiger partial charge in [-0.1, -0.05) is 97.1 Å². The Morgan fingerprint density at radius 1 is 0.517 bits per heavy atom. The van der Waals surface area contributed by atoms with E-state index in [9.17, 15) is 0 Å². The highest BCUT2D eigenvalue weighted by molar-refractivity contribution is 7.09. The van der Waals surface area contributed by atoms with Crippen LogP contribution in [-0.2, 0) is 0 Å². The fourth-order valence-electron chi connectivity index (χ4n) is 4.10. The average Bonchev–Trinajstić information content (AvgIpc) is 3.28. The molecule has 0 amide bonds. The molecule has 5 aromatic carbocycles. The van der Waals surface area contributed by atoms with Gasteiger partial charge >= 0.3 is 0 Å². The first-order valence-electron chi connectivity index (χ1n) is 9.61. The SMILES string of the molecule is c1ccc2c(-c3nsc(-c4cccc5ccc6ccccc6c45)n3)cccc2c1. The summed E-state index contributed by atoms with van der Waals surface area (Å²) in [7, 11) is 0. The maximum atomic E-state index is 4.97. The molecule has 29 heavy (non-hydrogen) atoms. The molecule has 1 aromatic heterocycles. The number of fused-ring (bicyclic) bond motifs is 4. The van der Waals surface area contributed by atoms with Gasteiger partial charge in [0.2, 0.25) is 0 Å². The lowest BCUT2D eigenvalue weighted by molar-refractivity contribution is 1.34. The Balaban J connectivity index is 1.59. The lowest BCUT2D eigenvalue weighted by Crippen LogP contribution is -1.85. The Morgan fingerprint density at radius 3 is 2.00 bits per heavy atom. The molecule has 0 saturated heterocycles. The zero-order valence-corrected chi connectivity index (χ0v) is 16.4. The van der Waals surface area contributed by atoms with Gasteiger partial charge in [-0.05, 0) is 43.8 Å². The first-order chi connectivity index (χ1) is 14.4. The summed E-state index contributed by atoms with van der Waals surface area (Å²) in [5.41, 5.74) is 2.22. The molecule has 1 heterocycles. The van der Waals surface area contributed by atoms with E-state index >= 15 is 0 Å². The summed E-state index contributed by atoms with van der Waals surface area (Å²) >= 11 is 1.47. The summed E-state index contributed by atoms with van der Waals surface area (Å²) in [6.07, 6.45) is 0. The van der Waals surface area contributed by atoms with Crippen molar-refractivity contribution in [2.45, 2.75) is 0 Å².